The first-order valence-corrected chi connectivity index (χ1v) is 10.5. The molecule has 0 bridgehead atoms. The Morgan fingerprint density at radius 2 is 2.13 bits per heavy atom. The number of nitrogens with zero attached hydrogens (tertiary/aromatic N) is 3. The molecule has 1 N–H and O–H groups in total. The van der Waals surface area contributed by atoms with E-state index in [4.69, 9.17) is 14.2 Å². The Kier molecular flexibility index (Phi) is 6.22. The molecule has 8 nitrogen and oxygen atoms in total. The zero-order valence-electron chi connectivity index (χ0n) is 17.9. The summed E-state index contributed by atoms with van der Waals surface area (Å²) in [7, 11) is 0. The quantitative estimate of drug-likeness (QED) is 0.712. The summed E-state index contributed by atoms with van der Waals surface area (Å²) in [6.45, 7) is 7.37. The predicted octanol–water partition coefficient (Wildman–Crippen LogP) is 3.94. The van der Waals surface area contributed by atoms with Crippen molar-refractivity contribution in [2.75, 3.05) is 30.0 Å². The third kappa shape index (κ3) is 4.71. The average Bonchev–Trinajstić information content (AvgIpc) is 3.39. The molecule has 3 heterocycles. The van der Waals surface area contributed by atoms with Crippen molar-refractivity contribution in [1.29, 1.82) is 0 Å². The lowest BCUT2D eigenvalue weighted by Crippen LogP contribution is -2.38. The highest BCUT2D eigenvalue weighted by Gasteiger charge is 2.38. The van der Waals surface area contributed by atoms with Crippen molar-refractivity contribution in [2.24, 2.45) is 5.92 Å². The van der Waals surface area contributed by atoms with Crippen molar-refractivity contribution in [3.8, 4) is 5.75 Å². The number of anilines is 2. The molecule has 0 aliphatic carbocycles. The van der Waals surface area contributed by atoms with Gasteiger partial charge in [0.2, 0.25) is 5.95 Å². The molecule has 0 unspecified atom stereocenters. The Labute approximate surface area is 180 Å². The van der Waals surface area contributed by atoms with Crippen LogP contribution in [0.3, 0.4) is 0 Å². The largest absolute Gasteiger partial charge is 0.488 e. The van der Waals surface area contributed by atoms with E-state index in [1.807, 2.05) is 45.0 Å². The van der Waals surface area contributed by atoms with Crippen LogP contribution in [0, 0.1) is 11.7 Å². The van der Waals surface area contributed by atoms with Crippen LogP contribution in [-0.2, 0) is 9.47 Å². The number of rotatable bonds is 7. The van der Waals surface area contributed by atoms with Crippen LogP contribution in [0.1, 0.15) is 38.8 Å². The topological polar surface area (TPSA) is 85.8 Å². The molecule has 0 radical (unpaired) electrons. The number of hydrogen-bond acceptors (Lipinski definition) is 7. The van der Waals surface area contributed by atoms with Crippen LogP contribution in [0.5, 0.6) is 5.75 Å². The minimum atomic E-state index is -0.670. The number of hydrogen-bond donors (Lipinski definition) is 1. The molecule has 31 heavy (non-hydrogen) atoms. The van der Waals surface area contributed by atoms with E-state index in [2.05, 4.69) is 15.3 Å². The molecule has 2 aromatic rings. The van der Waals surface area contributed by atoms with Crippen LogP contribution in [0.4, 0.5) is 21.0 Å². The van der Waals surface area contributed by atoms with Crippen molar-refractivity contribution in [2.45, 2.75) is 45.4 Å². The molecule has 1 aromatic heterocycles. The minimum Gasteiger partial charge on any atom is -0.488 e. The van der Waals surface area contributed by atoms with E-state index in [9.17, 15) is 9.18 Å². The summed E-state index contributed by atoms with van der Waals surface area (Å²) in [6.07, 6.45) is 1.41. The summed E-state index contributed by atoms with van der Waals surface area (Å²) in [6, 6.07) is 7.29. The molecule has 2 saturated heterocycles. The second-order valence-corrected chi connectivity index (χ2v) is 8.17. The van der Waals surface area contributed by atoms with Crippen LogP contribution in [-0.4, -0.2) is 48.0 Å². The lowest BCUT2D eigenvalue weighted by Gasteiger charge is -2.24. The number of amides is 1. The van der Waals surface area contributed by atoms with Gasteiger partial charge in [-0.15, -0.1) is 0 Å². The van der Waals surface area contributed by atoms with Crippen molar-refractivity contribution < 1.29 is 23.4 Å². The number of halogens is 1. The number of carbonyl (C=O) groups is 1. The molecule has 1 aromatic carbocycles. The minimum absolute atomic E-state index is 0.0654. The van der Waals surface area contributed by atoms with Gasteiger partial charge in [0.25, 0.3) is 0 Å². The number of carbonyl (C=O) groups excluding carboxylic acids is 1. The highest BCUT2D eigenvalue weighted by Crippen LogP contribution is 2.29. The third-order valence-corrected chi connectivity index (χ3v) is 5.52. The maximum absolute atomic E-state index is 14.5. The van der Waals surface area contributed by atoms with Gasteiger partial charge >= 0.3 is 6.09 Å². The fourth-order valence-corrected chi connectivity index (χ4v) is 3.70. The van der Waals surface area contributed by atoms with Crippen molar-refractivity contribution >= 4 is 17.9 Å². The van der Waals surface area contributed by atoms with E-state index < -0.39 is 11.9 Å². The standard InChI is InChI=1S/C22H27FN4O4/c1-13(2)19-12-30-22(28)27(19)20-18(23)10-24-21(26-20)25-14(3)15-5-4-6-16(9-15)31-17-7-8-29-11-17/h4-6,9-10,13-14,17,19H,7-8,11-12H2,1-3H3,(H,24,25,26)/t14-,17-,19+/m0/s1. The summed E-state index contributed by atoms with van der Waals surface area (Å²) < 4.78 is 31.0. The van der Waals surface area contributed by atoms with E-state index in [1.165, 1.54) is 4.90 Å². The Morgan fingerprint density at radius 1 is 1.29 bits per heavy atom. The second kappa shape index (κ2) is 9.05. The number of nitrogens with one attached hydrogen (secondary N) is 1. The average molecular weight is 430 g/mol. The normalized spacial score (nSPS) is 22.0. The van der Waals surface area contributed by atoms with Gasteiger partial charge in [0.1, 0.15) is 18.5 Å². The van der Waals surface area contributed by atoms with Gasteiger partial charge in [-0.2, -0.15) is 4.98 Å². The summed E-state index contributed by atoms with van der Waals surface area (Å²) >= 11 is 0. The Morgan fingerprint density at radius 3 is 2.87 bits per heavy atom. The van der Waals surface area contributed by atoms with E-state index in [0.717, 1.165) is 30.5 Å². The first kappa shape index (κ1) is 21.3. The van der Waals surface area contributed by atoms with Crippen LogP contribution in [0.25, 0.3) is 0 Å². The molecular weight excluding hydrogens is 403 g/mol. The number of cyclic esters (lactones) is 1. The van der Waals surface area contributed by atoms with Crippen LogP contribution in [0.15, 0.2) is 30.5 Å². The highest BCUT2D eigenvalue weighted by atomic mass is 19.1. The molecular formula is C22H27FN4O4. The maximum Gasteiger partial charge on any atom is 0.416 e. The van der Waals surface area contributed by atoms with Gasteiger partial charge in [-0.1, -0.05) is 26.0 Å². The summed E-state index contributed by atoms with van der Waals surface area (Å²) in [5.41, 5.74) is 0.964. The van der Waals surface area contributed by atoms with Gasteiger partial charge in [-0.25, -0.2) is 14.2 Å². The van der Waals surface area contributed by atoms with Gasteiger partial charge in [0.15, 0.2) is 11.6 Å². The van der Waals surface area contributed by atoms with Crippen LogP contribution in [0.2, 0.25) is 0 Å². The van der Waals surface area contributed by atoms with Crippen LogP contribution >= 0.6 is 0 Å². The SMILES string of the molecule is CC(C)[C@H]1COC(=O)N1c1nc(N[C@@H](C)c2cccc(O[C@H]3CCOC3)c2)ncc1F. The fraction of sp³-hybridized carbons (Fsp3) is 0.500. The molecule has 2 fully saturated rings. The monoisotopic (exact) mass is 430 g/mol. The summed E-state index contributed by atoms with van der Waals surface area (Å²) in [4.78, 5) is 21.8. The molecule has 166 valence electrons. The molecule has 1 amide bonds. The van der Waals surface area contributed by atoms with E-state index >= 15 is 0 Å². The van der Waals surface area contributed by atoms with Crippen molar-refractivity contribution in [3.63, 3.8) is 0 Å². The lowest BCUT2D eigenvalue weighted by atomic mass is 10.0. The maximum atomic E-state index is 14.5. The molecule has 4 rings (SSSR count). The van der Waals surface area contributed by atoms with Gasteiger partial charge in [-0.05, 0) is 30.5 Å². The second-order valence-electron chi connectivity index (χ2n) is 8.17. The van der Waals surface area contributed by atoms with Gasteiger partial charge in [0.05, 0.1) is 31.5 Å². The van der Waals surface area contributed by atoms with E-state index in [1.54, 1.807) is 0 Å². The predicted molar refractivity (Wildman–Crippen MR) is 113 cm³/mol. The molecule has 2 aliphatic heterocycles. The lowest BCUT2D eigenvalue weighted by molar-refractivity contribution is 0.141. The highest BCUT2D eigenvalue weighted by molar-refractivity contribution is 5.89. The molecule has 0 spiro atoms. The van der Waals surface area contributed by atoms with Gasteiger partial charge in [0, 0.05) is 6.42 Å². The van der Waals surface area contributed by atoms with Gasteiger partial charge < -0.3 is 19.5 Å². The Hall–Kier alpha value is -2.94. The zero-order valence-corrected chi connectivity index (χ0v) is 17.9. The first-order chi connectivity index (χ1) is 14.9. The third-order valence-electron chi connectivity index (χ3n) is 5.52. The Bertz CT molecular complexity index is 935. The van der Waals surface area contributed by atoms with Crippen LogP contribution < -0.4 is 15.0 Å². The smallest absolute Gasteiger partial charge is 0.416 e. The molecule has 9 heteroatoms. The first-order valence-electron chi connectivity index (χ1n) is 10.5. The van der Waals surface area contributed by atoms with E-state index in [-0.39, 0.29) is 42.5 Å². The number of aromatic nitrogens is 2. The molecule has 3 atom stereocenters. The summed E-state index contributed by atoms with van der Waals surface area (Å²) in [5.74, 6) is 0.328. The zero-order chi connectivity index (χ0) is 22.0. The van der Waals surface area contributed by atoms with Crippen molar-refractivity contribution in [3.05, 3.63) is 41.8 Å². The fourth-order valence-electron chi connectivity index (χ4n) is 3.70. The Balaban J connectivity index is 1.50. The van der Waals surface area contributed by atoms with Gasteiger partial charge in [-0.3, -0.25) is 4.90 Å². The van der Waals surface area contributed by atoms with Crippen molar-refractivity contribution in [1.82, 2.24) is 9.97 Å². The molecule has 2 aliphatic rings. The molecule has 0 saturated carbocycles. The number of ether oxygens (including phenoxy) is 3. The summed E-state index contributed by atoms with van der Waals surface area (Å²) in [5, 5.41) is 3.18. The van der Waals surface area contributed by atoms with E-state index in [0.29, 0.717) is 6.61 Å². The number of benzene rings is 1.